The van der Waals surface area contributed by atoms with E-state index in [0.29, 0.717) is 17.2 Å². The van der Waals surface area contributed by atoms with E-state index in [0.717, 1.165) is 0 Å². The van der Waals surface area contributed by atoms with E-state index in [9.17, 15) is 9.59 Å². The van der Waals surface area contributed by atoms with Crippen molar-refractivity contribution in [1.29, 1.82) is 0 Å². The van der Waals surface area contributed by atoms with Gasteiger partial charge in [-0.05, 0) is 24.3 Å². The number of ether oxygens (including phenoxy) is 2. The summed E-state index contributed by atoms with van der Waals surface area (Å²) in [6, 6.07) is 8.40. The first-order valence-corrected chi connectivity index (χ1v) is 7.38. The highest BCUT2D eigenvalue weighted by Crippen LogP contribution is 2.32. The van der Waals surface area contributed by atoms with Crippen LogP contribution in [0.3, 0.4) is 0 Å². The largest absolute Gasteiger partial charge is 0.497 e. The Bertz CT molecular complexity index is 697. The van der Waals surface area contributed by atoms with Crippen LogP contribution in [0.15, 0.2) is 41.0 Å². The Hall–Kier alpha value is -2.96. The highest BCUT2D eigenvalue weighted by molar-refractivity contribution is 5.94. The van der Waals surface area contributed by atoms with Crippen LogP contribution < -0.4 is 19.7 Å². The maximum absolute atomic E-state index is 12.0. The number of benzene rings is 1. The molecule has 0 fully saturated rings. The summed E-state index contributed by atoms with van der Waals surface area (Å²) in [5.74, 6) is 0.873. The quantitative estimate of drug-likeness (QED) is 0.839. The Labute approximate surface area is 140 Å². The maximum Gasteiger partial charge on any atom is 0.287 e. The zero-order valence-corrected chi connectivity index (χ0v) is 13.9. The van der Waals surface area contributed by atoms with Crippen LogP contribution in [0.4, 0.5) is 5.69 Å². The molecule has 0 aliphatic rings. The third-order valence-corrected chi connectivity index (χ3v) is 3.42. The number of rotatable bonds is 7. The van der Waals surface area contributed by atoms with Crippen molar-refractivity contribution in [3.05, 3.63) is 42.4 Å². The average Bonchev–Trinajstić information content (AvgIpc) is 3.12. The Balaban J connectivity index is 2.09. The monoisotopic (exact) mass is 332 g/mol. The van der Waals surface area contributed by atoms with Gasteiger partial charge in [-0.1, -0.05) is 0 Å². The molecule has 0 atom stereocenters. The molecule has 0 saturated carbocycles. The number of carbonyl (C=O) groups is 2. The van der Waals surface area contributed by atoms with Crippen LogP contribution in [0.5, 0.6) is 11.5 Å². The van der Waals surface area contributed by atoms with Crippen LogP contribution in [0.2, 0.25) is 0 Å². The number of anilines is 1. The summed E-state index contributed by atoms with van der Waals surface area (Å²) in [4.78, 5) is 25.4. The fourth-order valence-corrected chi connectivity index (χ4v) is 2.23. The number of furan rings is 1. The van der Waals surface area contributed by atoms with Gasteiger partial charge in [-0.15, -0.1) is 0 Å². The van der Waals surface area contributed by atoms with Gasteiger partial charge in [0.05, 0.1) is 26.2 Å². The summed E-state index contributed by atoms with van der Waals surface area (Å²) in [5.41, 5.74) is 0.580. The predicted octanol–water partition coefficient (Wildman–Crippen LogP) is 2.08. The highest BCUT2D eigenvalue weighted by Gasteiger charge is 2.18. The van der Waals surface area contributed by atoms with Gasteiger partial charge in [0.25, 0.3) is 5.91 Å². The molecule has 1 aromatic heterocycles. The minimum Gasteiger partial charge on any atom is -0.497 e. The van der Waals surface area contributed by atoms with E-state index >= 15 is 0 Å². The van der Waals surface area contributed by atoms with Crippen LogP contribution in [0, 0.1) is 0 Å². The van der Waals surface area contributed by atoms with Gasteiger partial charge in [0, 0.05) is 26.1 Å². The van der Waals surface area contributed by atoms with E-state index < -0.39 is 0 Å². The molecule has 2 amide bonds. The highest BCUT2D eigenvalue weighted by atomic mass is 16.5. The summed E-state index contributed by atoms with van der Waals surface area (Å²) < 4.78 is 15.5. The number of nitrogens with zero attached hydrogens (tertiary/aromatic N) is 1. The second-order valence-electron chi connectivity index (χ2n) is 4.94. The molecule has 1 N–H and O–H groups in total. The van der Waals surface area contributed by atoms with Crippen LogP contribution >= 0.6 is 0 Å². The molecule has 0 radical (unpaired) electrons. The van der Waals surface area contributed by atoms with Crippen molar-refractivity contribution in [2.24, 2.45) is 0 Å². The molecule has 0 unspecified atom stereocenters. The lowest BCUT2D eigenvalue weighted by Crippen LogP contribution is -2.37. The molecule has 2 aromatic rings. The summed E-state index contributed by atoms with van der Waals surface area (Å²) >= 11 is 0. The van der Waals surface area contributed by atoms with Gasteiger partial charge in [0.1, 0.15) is 11.5 Å². The average molecular weight is 332 g/mol. The van der Waals surface area contributed by atoms with E-state index in [2.05, 4.69) is 5.32 Å². The summed E-state index contributed by atoms with van der Waals surface area (Å²) in [6.45, 7) is 2.00. The molecule has 0 spiro atoms. The number of nitrogens with one attached hydrogen (secondary N) is 1. The predicted molar refractivity (Wildman–Crippen MR) is 88.6 cm³/mol. The molecule has 0 aliphatic heterocycles. The lowest BCUT2D eigenvalue weighted by Gasteiger charge is -2.24. The standard InChI is InChI=1S/C17H20N2O5/c1-12(20)19(9-8-18-17(21)16-5-4-10-24-16)14-11-13(22-2)6-7-15(14)23-3/h4-7,10-11H,8-9H2,1-3H3,(H,18,21). The first kappa shape index (κ1) is 17.4. The fourth-order valence-electron chi connectivity index (χ4n) is 2.23. The Kier molecular flexibility index (Phi) is 5.83. The molecular weight excluding hydrogens is 312 g/mol. The second kappa shape index (κ2) is 8.05. The second-order valence-corrected chi connectivity index (χ2v) is 4.94. The summed E-state index contributed by atoms with van der Waals surface area (Å²) in [7, 11) is 3.08. The molecule has 1 heterocycles. The van der Waals surface area contributed by atoms with E-state index in [1.165, 1.54) is 25.2 Å². The molecule has 7 nitrogen and oxygen atoms in total. The molecule has 0 saturated heterocycles. The zero-order valence-electron chi connectivity index (χ0n) is 13.9. The van der Waals surface area contributed by atoms with Crippen LogP contribution in [-0.2, 0) is 4.79 Å². The van der Waals surface area contributed by atoms with Gasteiger partial charge < -0.3 is 24.1 Å². The van der Waals surface area contributed by atoms with Crippen LogP contribution in [0.25, 0.3) is 0 Å². The lowest BCUT2D eigenvalue weighted by atomic mass is 10.2. The smallest absolute Gasteiger partial charge is 0.287 e. The van der Waals surface area contributed by atoms with Crippen molar-refractivity contribution >= 4 is 17.5 Å². The topological polar surface area (TPSA) is 81.0 Å². The first-order valence-electron chi connectivity index (χ1n) is 7.38. The Morgan fingerprint density at radius 1 is 1.21 bits per heavy atom. The summed E-state index contributed by atoms with van der Waals surface area (Å²) in [6.07, 6.45) is 1.43. The number of amides is 2. The number of hydrogen-bond acceptors (Lipinski definition) is 5. The number of methoxy groups -OCH3 is 2. The zero-order chi connectivity index (χ0) is 17.5. The minimum absolute atomic E-state index is 0.172. The third kappa shape index (κ3) is 4.07. The molecule has 7 heteroatoms. The third-order valence-electron chi connectivity index (χ3n) is 3.42. The van der Waals surface area contributed by atoms with Crippen molar-refractivity contribution in [2.45, 2.75) is 6.92 Å². The Morgan fingerprint density at radius 2 is 2.00 bits per heavy atom. The molecule has 24 heavy (non-hydrogen) atoms. The van der Waals surface area contributed by atoms with Crippen LogP contribution in [-0.4, -0.2) is 39.1 Å². The van der Waals surface area contributed by atoms with E-state index in [-0.39, 0.29) is 30.7 Å². The number of carbonyl (C=O) groups excluding carboxylic acids is 2. The summed E-state index contributed by atoms with van der Waals surface area (Å²) in [5, 5.41) is 2.71. The van der Waals surface area contributed by atoms with E-state index in [1.807, 2.05) is 0 Å². The van der Waals surface area contributed by atoms with E-state index in [1.54, 1.807) is 37.4 Å². The van der Waals surface area contributed by atoms with Crippen molar-refractivity contribution in [3.8, 4) is 11.5 Å². The van der Waals surface area contributed by atoms with Crippen LogP contribution in [0.1, 0.15) is 17.5 Å². The van der Waals surface area contributed by atoms with Gasteiger partial charge >= 0.3 is 0 Å². The van der Waals surface area contributed by atoms with Crippen molar-refractivity contribution in [1.82, 2.24) is 5.32 Å². The van der Waals surface area contributed by atoms with Crippen molar-refractivity contribution < 1.29 is 23.5 Å². The Morgan fingerprint density at radius 3 is 2.58 bits per heavy atom. The molecule has 0 bridgehead atoms. The van der Waals surface area contributed by atoms with Gasteiger partial charge in [0.15, 0.2) is 5.76 Å². The van der Waals surface area contributed by atoms with Gasteiger partial charge in [-0.2, -0.15) is 0 Å². The molecule has 0 aliphatic carbocycles. The van der Waals surface area contributed by atoms with E-state index in [4.69, 9.17) is 13.9 Å². The van der Waals surface area contributed by atoms with Crippen molar-refractivity contribution in [2.75, 3.05) is 32.2 Å². The number of hydrogen-bond donors (Lipinski definition) is 1. The van der Waals surface area contributed by atoms with Gasteiger partial charge in [0.2, 0.25) is 5.91 Å². The van der Waals surface area contributed by atoms with Gasteiger partial charge in [-0.3, -0.25) is 9.59 Å². The molecule has 1 aromatic carbocycles. The first-order chi connectivity index (χ1) is 11.6. The molecular formula is C17H20N2O5. The normalized spacial score (nSPS) is 10.1. The fraction of sp³-hybridized carbons (Fsp3) is 0.294. The van der Waals surface area contributed by atoms with Crippen molar-refractivity contribution in [3.63, 3.8) is 0 Å². The molecule has 128 valence electrons. The lowest BCUT2D eigenvalue weighted by molar-refractivity contribution is -0.116. The minimum atomic E-state index is -0.332. The van der Waals surface area contributed by atoms with Gasteiger partial charge in [-0.25, -0.2) is 0 Å². The SMILES string of the molecule is COc1ccc(OC)c(N(CCNC(=O)c2ccco2)C(C)=O)c1. The molecule has 2 rings (SSSR count). The maximum atomic E-state index is 12.0.